The van der Waals surface area contributed by atoms with Crippen LogP contribution < -0.4 is 0 Å². The fraction of sp³-hybridized carbons (Fsp3) is 0.182. The van der Waals surface area contributed by atoms with Gasteiger partial charge in [0.1, 0.15) is 5.76 Å². The zero-order chi connectivity index (χ0) is 10.6. The average Bonchev–Trinajstić information content (AvgIpc) is 2.17. The molecule has 0 aromatic heterocycles. The molecule has 0 saturated heterocycles. The van der Waals surface area contributed by atoms with Crippen molar-refractivity contribution in [3.63, 3.8) is 0 Å². The van der Waals surface area contributed by atoms with E-state index in [1.165, 1.54) is 6.08 Å². The van der Waals surface area contributed by atoms with Crippen LogP contribution in [0.1, 0.15) is 18.9 Å². The van der Waals surface area contributed by atoms with Crippen LogP contribution in [0.5, 0.6) is 0 Å². The lowest BCUT2D eigenvalue weighted by atomic mass is 10.1. The van der Waals surface area contributed by atoms with Crippen LogP contribution in [0.4, 0.5) is 0 Å². The number of hydrogen-bond donors (Lipinski definition) is 1. The first-order valence-corrected chi connectivity index (χ1v) is 4.70. The molecule has 0 aliphatic rings. The monoisotopic (exact) mass is 210 g/mol. The van der Waals surface area contributed by atoms with Crippen LogP contribution in [0.15, 0.2) is 30.3 Å². The number of aliphatic hydroxyl groups is 1. The summed E-state index contributed by atoms with van der Waals surface area (Å²) in [6, 6.07) is 6.73. The number of hydrogen-bond acceptors (Lipinski definition) is 2. The summed E-state index contributed by atoms with van der Waals surface area (Å²) in [5.74, 6) is -0.151. The minimum absolute atomic E-state index is 0.0423. The van der Waals surface area contributed by atoms with Crippen LogP contribution in [0.3, 0.4) is 0 Å². The topological polar surface area (TPSA) is 37.3 Å². The van der Waals surface area contributed by atoms with E-state index in [9.17, 15) is 9.90 Å². The van der Waals surface area contributed by atoms with Crippen molar-refractivity contribution in [2.45, 2.75) is 13.3 Å². The normalized spacial score (nSPS) is 11.4. The zero-order valence-electron chi connectivity index (χ0n) is 7.83. The van der Waals surface area contributed by atoms with Gasteiger partial charge in [0.15, 0.2) is 5.78 Å². The van der Waals surface area contributed by atoms with Crippen molar-refractivity contribution in [2.24, 2.45) is 0 Å². The van der Waals surface area contributed by atoms with Crippen LogP contribution >= 0.6 is 11.6 Å². The molecule has 0 aliphatic heterocycles. The standard InChI is InChI=1S/C11H11ClO2/c1-2-10(13)7-11(14)8-4-3-5-9(12)6-8/h3-7,14H,2H2,1H3. The van der Waals surface area contributed by atoms with Gasteiger partial charge in [-0.15, -0.1) is 0 Å². The molecule has 0 radical (unpaired) electrons. The highest BCUT2D eigenvalue weighted by Gasteiger charge is 2.01. The summed E-state index contributed by atoms with van der Waals surface area (Å²) in [4.78, 5) is 11.0. The van der Waals surface area contributed by atoms with Gasteiger partial charge in [-0.05, 0) is 12.1 Å². The number of rotatable bonds is 3. The lowest BCUT2D eigenvalue weighted by Gasteiger charge is -1.99. The first-order chi connectivity index (χ1) is 6.63. The van der Waals surface area contributed by atoms with Crippen LogP contribution in [0.25, 0.3) is 5.76 Å². The Labute approximate surface area is 87.8 Å². The molecule has 2 nitrogen and oxygen atoms in total. The Balaban J connectivity index is 2.94. The quantitative estimate of drug-likeness (QED) is 0.615. The maximum absolute atomic E-state index is 11.0. The van der Waals surface area contributed by atoms with Gasteiger partial charge in [0.05, 0.1) is 0 Å². The Morgan fingerprint density at radius 2 is 2.29 bits per heavy atom. The number of ketones is 1. The van der Waals surface area contributed by atoms with E-state index < -0.39 is 0 Å². The Hall–Kier alpha value is -1.28. The number of halogens is 1. The second-order valence-corrected chi connectivity index (χ2v) is 3.30. The summed E-state index contributed by atoms with van der Waals surface area (Å²) in [6.45, 7) is 1.74. The molecule has 0 bridgehead atoms. The minimum atomic E-state index is -0.109. The average molecular weight is 211 g/mol. The van der Waals surface area contributed by atoms with E-state index >= 15 is 0 Å². The molecular formula is C11H11ClO2. The molecule has 1 N–H and O–H groups in total. The first-order valence-electron chi connectivity index (χ1n) is 4.33. The Bertz CT molecular complexity index is 369. The summed E-state index contributed by atoms with van der Waals surface area (Å²) >= 11 is 5.74. The molecule has 0 spiro atoms. The molecule has 1 aromatic rings. The SMILES string of the molecule is CCC(=O)C=C(O)c1cccc(Cl)c1. The number of benzene rings is 1. The van der Waals surface area contributed by atoms with E-state index in [0.29, 0.717) is 17.0 Å². The van der Waals surface area contributed by atoms with Gasteiger partial charge in [-0.3, -0.25) is 4.79 Å². The first kappa shape index (κ1) is 10.8. The maximum atomic E-state index is 11.0. The van der Waals surface area contributed by atoms with Crippen molar-refractivity contribution in [3.05, 3.63) is 40.9 Å². The van der Waals surface area contributed by atoms with E-state index in [0.717, 1.165) is 0 Å². The van der Waals surface area contributed by atoms with Gasteiger partial charge in [-0.1, -0.05) is 30.7 Å². The Morgan fingerprint density at radius 3 is 2.86 bits per heavy atom. The molecule has 14 heavy (non-hydrogen) atoms. The molecule has 0 saturated carbocycles. The molecule has 0 atom stereocenters. The minimum Gasteiger partial charge on any atom is -0.507 e. The molecule has 3 heteroatoms. The van der Waals surface area contributed by atoms with Crippen molar-refractivity contribution in [1.29, 1.82) is 0 Å². The molecule has 1 rings (SSSR count). The molecule has 0 fully saturated rings. The largest absolute Gasteiger partial charge is 0.507 e. The van der Waals surface area contributed by atoms with Crippen LogP contribution in [-0.4, -0.2) is 10.9 Å². The second-order valence-electron chi connectivity index (χ2n) is 2.86. The van der Waals surface area contributed by atoms with Crippen LogP contribution in [0, 0.1) is 0 Å². The second kappa shape index (κ2) is 4.82. The van der Waals surface area contributed by atoms with Gasteiger partial charge in [0.25, 0.3) is 0 Å². The predicted octanol–water partition coefficient (Wildman–Crippen LogP) is 3.22. The highest BCUT2D eigenvalue weighted by molar-refractivity contribution is 6.30. The van der Waals surface area contributed by atoms with Crippen molar-refractivity contribution in [2.75, 3.05) is 0 Å². The number of aliphatic hydroxyl groups excluding tert-OH is 1. The molecule has 74 valence electrons. The maximum Gasteiger partial charge on any atom is 0.159 e. The molecule has 0 amide bonds. The lowest BCUT2D eigenvalue weighted by molar-refractivity contribution is -0.114. The summed E-state index contributed by atoms with van der Waals surface area (Å²) in [6.07, 6.45) is 1.59. The highest BCUT2D eigenvalue weighted by atomic mass is 35.5. The molecular weight excluding hydrogens is 200 g/mol. The zero-order valence-corrected chi connectivity index (χ0v) is 8.58. The number of carbonyl (C=O) groups is 1. The van der Waals surface area contributed by atoms with E-state index in [1.54, 1.807) is 31.2 Å². The molecule has 0 heterocycles. The van der Waals surface area contributed by atoms with Crippen molar-refractivity contribution in [3.8, 4) is 0 Å². The third-order valence-electron chi connectivity index (χ3n) is 1.77. The van der Waals surface area contributed by atoms with Crippen molar-refractivity contribution in [1.82, 2.24) is 0 Å². The fourth-order valence-corrected chi connectivity index (χ4v) is 1.18. The lowest BCUT2D eigenvalue weighted by Crippen LogP contribution is -1.92. The van der Waals surface area contributed by atoms with Crippen LogP contribution in [0.2, 0.25) is 5.02 Å². The van der Waals surface area contributed by atoms with E-state index in [4.69, 9.17) is 11.6 Å². The van der Waals surface area contributed by atoms with Crippen LogP contribution in [-0.2, 0) is 4.79 Å². The van der Waals surface area contributed by atoms with Crippen molar-refractivity contribution < 1.29 is 9.90 Å². The van der Waals surface area contributed by atoms with E-state index in [1.807, 2.05) is 0 Å². The molecule has 0 aliphatic carbocycles. The van der Waals surface area contributed by atoms with Gasteiger partial charge in [-0.25, -0.2) is 0 Å². The fourth-order valence-electron chi connectivity index (χ4n) is 0.986. The van der Waals surface area contributed by atoms with Gasteiger partial charge in [0, 0.05) is 23.1 Å². The smallest absolute Gasteiger partial charge is 0.159 e. The number of carbonyl (C=O) groups excluding carboxylic acids is 1. The van der Waals surface area contributed by atoms with Gasteiger partial charge >= 0.3 is 0 Å². The summed E-state index contributed by atoms with van der Waals surface area (Å²) in [5, 5.41) is 10.1. The summed E-state index contributed by atoms with van der Waals surface area (Å²) in [5.41, 5.74) is 0.555. The van der Waals surface area contributed by atoms with E-state index in [2.05, 4.69) is 0 Å². The number of allylic oxidation sites excluding steroid dienone is 1. The van der Waals surface area contributed by atoms with E-state index in [-0.39, 0.29) is 11.5 Å². The van der Waals surface area contributed by atoms with Gasteiger partial charge in [-0.2, -0.15) is 0 Å². The van der Waals surface area contributed by atoms with Gasteiger partial charge < -0.3 is 5.11 Å². The third kappa shape index (κ3) is 2.89. The Kier molecular flexibility index (Phi) is 3.72. The van der Waals surface area contributed by atoms with Gasteiger partial charge in [0.2, 0.25) is 0 Å². The summed E-state index contributed by atoms with van der Waals surface area (Å²) in [7, 11) is 0. The molecule has 0 unspecified atom stereocenters. The highest BCUT2D eigenvalue weighted by Crippen LogP contribution is 2.16. The summed E-state index contributed by atoms with van der Waals surface area (Å²) < 4.78 is 0. The predicted molar refractivity (Wildman–Crippen MR) is 57.4 cm³/mol. The van der Waals surface area contributed by atoms with Crippen molar-refractivity contribution >= 4 is 23.1 Å². The molecule has 1 aromatic carbocycles. The third-order valence-corrected chi connectivity index (χ3v) is 2.00. The Morgan fingerprint density at radius 1 is 1.57 bits per heavy atom.